The van der Waals surface area contributed by atoms with E-state index in [1.807, 2.05) is 12.3 Å². The minimum absolute atomic E-state index is 0.0344. The van der Waals surface area contributed by atoms with Gasteiger partial charge in [0.25, 0.3) is 5.56 Å². The highest BCUT2D eigenvalue weighted by Gasteiger charge is 2.24. The lowest BCUT2D eigenvalue weighted by Crippen LogP contribution is -2.28. The number of aromatic nitrogens is 1. The van der Waals surface area contributed by atoms with Crippen LogP contribution in [-0.2, 0) is 0 Å². The molecule has 5 heteroatoms. The largest absolute Gasteiger partial charge is 0.384 e. The quantitative estimate of drug-likeness (QED) is 0.862. The van der Waals surface area contributed by atoms with E-state index in [-0.39, 0.29) is 11.6 Å². The Morgan fingerprint density at radius 1 is 1.61 bits per heavy atom. The third-order valence-corrected chi connectivity index (χ3v) is 3.42. The van der Waals surface area contributed by atoms with Crippen LogP contribution in [0.2, 0.25) is 0 Å². The van der Waals surface area contributed by atoms with Gasteiger partial charge in [-0.1, -0.05) is 0 Å². The van der Waals surface area contributed by atoms with Gasteiger partial charge in [0.2, 0.25) is 0 Å². The Kier molecular flexibility index (Phi) is 4.00. The van der Waals surface area contributed by atoms with E-state index in [4.69, 9.17) is 5.26 Å². The summed E-state index contributed by atoms with van der Waals surface area (Å²) < 4.78 is 1.80. The molecule has 0 bridgehead atoms. The van der Waals surface area contributed by atoms with Crippen molar-refractivity contribution >= 4 is 5.69 Å². The molecule has 1 saturated heterocycles. The van der Waals surface area contributed by atoms with Crippen LogP contribution in [0.1, 0.15) is 18.9 Å². The monoisotopic (exact) mass is 246 g/mol. The summed E-state index contributed by atoms with van der Waals surface area (Å²) in [6.45, 7) is 2.62. The molecule has 1 aliphatic rings. The second-order valence-corrected chi connectivity index (χ2v) is 4.54. The lowest BCUT2D eigenvalue weighted by molar-refractivity contribution is 0.330. The molecule has 0 amide bonds. The van der Waals surface area contributed by atoms with E-state index in [9.17, 15) is 4.79 Å². The van der Waals surface area contributed by atoms with Crippen molar-refractivity contribution in [3.63, 3.8) is 0 Å². The summed E-state index contributed by atoms with van der Waals surface area (Å²) in [4.78, 5) is 14.4. The maximum atomic E-state index is 12.1. The Hall–Kier alpha value is -1.80. The van der Waals surface area contributed by atoms with Gasteiger partial charge in [-0.05, 0) is 18.6 Å². The van der Waals surface area contributed by atoms with E-state index in [1.54, 1.807) is 17.7 Å². The predicted molar refractivity (Wildman–Crippen MR) is 70.6 cm³/mol. The van der Waals surface area contributed by atoms with Gasteiger partial charge in [-0.3, -0.25) is 4.79 Å². The van der Waals surface area contributed by atoms with E-state index in [2.05, 4.69) is 16.3 Å². The third kappa shape index (κ3) is 2.54. The average molecular weight is 246 g/mol. The van der Waals surface area contributed by atoms with Gasteiger partial charge in [0.1, 0.15) is 5.69 Å². The molecule has 1 aromatic rings. The summed E-state index contributed by atoms with van der Waals surface area (Å²) in [5, 5.41) is 11.5. The van der Waals surface area contributed by atoms with E-state index < -0.39 is 0 Å². The van der Waals surface area contributed by atoms with Gasteiger partial charge in [-0.2, -0.15) is 5.26 Å². The Morgan fingerprint density at radius 2 is 2.44 bits per heavy atom. The summed E-state index contributed by atoms with van der Waals surface area (Å²) in [6, 6.07) is 6.07. The van der Waals surface area contributed by atoms with Crippen LogP contribution in [0.25, 0.3) is 0 Å². The summed E-state index contributed by atoms with van der Waals surface area (Å²) >= 11 is 0. The molecule has 1 atom stereocenters. The Morgan fingerprint density at radius 3 is 3.17 bits per heavy atom. The molecule has 18 heavy (non-hydrogen) atoms. The predicted octanol–water partition coefficient (Wildman–Crippen LogP) is 1.05. The highest BCUT2D eigenvalue weighted by molar-refractivity contribution is 5.39. The zero-order chi connectivity index (χ0) is 13.0. The molecule has 0 saturated carbocycles. The van der Waals surface area contributed by atoms with Gasteiger partial charge in [-0.25, -0.2) is 0 Å². The zero-order valence-electron chi connectivity index (χ0n) is 10.6. The Balaban J connectivity index is 2.10. The number of rotatable bonds is 4. The molecule has 96 valence electrons. The molecule has 0 spiro atoms. The van der Waals surface area contributed by atoms with Crippen LogP contribution >= 0.6 is 0 Å². The molecule has 0 aromatic carbocycles. The zero-order valence-corrected chi connectivity index (χ0v) is 10.6. The normalized spacial score (nSPS) is 19.7. The number of anilines is 1. The molecule has 2 heterocycles. The van der Waals surface area contributed by atoms with Crippen molar-refractivity contribution in [1.82, 2.24) is 9.47 Å². The van der Waals surface area contributed by atoms with E-state index in [1.165, 1.54) is 0 Å². The van der Waals surface area contributed by atoms with E-state index in [0.29, 0.717) is 12.1 Å². The molecule has 0 unspecified atom stereocenters. The fraction of sp³-hybridized carbons (Fsp3) is 0.538. The van der Waals surface area contributed by atoms with E-state index >= 15 is 0 Å². The first kappa shape index (κ1) is 12.7. The fourth-order valence-electron chi connectivity index (χ4n) is 2.44. The van der Waals surface area contributed by atoms with Crippen molar-refractivity contribution in [3.05, 3.63) is 28.7 Å². The van der Waals surface area contributed by atoms with Crippen LogP contribution < -0.4 is 10.9 Å². The topological polar surface area (TPSA) is 61.1 Å². The molecule has 1 fully saturated rings. The molecule has 2 rings (SSSR count). The Labute approximate surface area is 107 Å². The lowest BCUT2D eigenvalue weighted by Gasteiger charge is -2.16. The average Bonchev–Trinajstić information content (AvgIpc) is 2.85. The summed E-state index contributed by atoms with van der Waals surface area (Å²) in [5.74, 6) is 0. The molecule has 0 radical (unpaired) electrons. The molecular weight excluding hydrogens is 228 g/mol. The maximum absolute atomic E-state index is 12.1. The van der Waals surface area contributed by atoms with Crippen LogP contribution in [0.5, 0.6) is 0 Å². The van der Waals surface area contributed by atoms with Crippen molar-refractivity contribution < 1.29 is 0 Å². The summed E-state index contributed by atoms with van der Waals surface area (Å²) in [6.07, 6.45) is 3.37. The van der Waals surface area contributed by atoms with Gasteiger partial charge in [-0.15, -0.1) is 0 Å². The minimum Gasteiger partial charge on any atom is -0.384 e. The number of hydrogen-bond donors (Lipinski definition) is 1. The number of nitrogens with one attached hydrogen (secondary N) is 1. The van der Waals surface area contributed by atoms with Crippen molar-refractivity contribution in [2.24, 2.45) is 0 Å². The summed E-state index contributed by atoms with van der Waals surface area (Å²) in [7, 11) is 1.76. The second kappa shape index (κ2) is 5.69. The molecule has 5 nitrogen and oxygen atoms in total. The standard InChI is InChI=1S/C13H18N4O/c1-15-12-4-2-8-17(13(12)18)11-5-9-16(10-11)7-3-6-14/h2,4,8,11,15H,3,5,7,9-10H2,1H3/t11-/m0/s1. The van der Waals surface area contributed by atoms with Gasteiger partial charge in [0.15, 0.2) is 0 Å². The molecule has 0 aliphatic carbocycles. The third-order valence-electron chi connectivity index (χ3n) is 3.42. The van der Waals surface area contributed by atoms with Crippen molar-refractivity contribution in [1.29, 1.82) is 5.26 Å². The minimum atomic E-state index is 0.0344. The van der Waals surface area contributed by atoms with Crippen molar-refractivity contribution in [2.75, 3.05) is 32.0 Å². The molecule has 1 aromatic heterocycles. The van der Waals surface area contributed by atoms with Crippen LogP contribution in [-0.4, -0.2) is 36.1 Å². The Bertz CT molecular complexity index is 502. The van der Waals surface area contributed by atoms with Gasteiger partial charge < -0.3 is 14.8 Å². The fourth-order valence-corrected chi connectivity index (χ4v) is 2.44. The van der Waals surface area contributed by atoms with Crippen LogP contribution in [0, 0.1) is 11.3 Å². The number of likely N-dealkylation sites (tertiary alicyclic amines) is 1. The van der Waals surface area contributed by atoms with Crippen LogP contribution in [0.3, 0.4) is 0 Å². The van der Waals surface area contributed by atoms with Gasteiger partial charge in [0, 0.05) is 39.3 Å². The van der Waals surface area contributed by atoms with E-state index in [0.717, 1.165) is 26.1 Å². The number of nitrogens with zero attached hydrogens (tertiary/aromatic N) is 3. The first-order chi connectivity index (χ1) is 8.76. The van der Waals surface area contributed by atoms with Crippen molar-refractivity contribution in [2.45, 2.75) is 18.9 Å². The highest BCUT2D eigenvalue weighted by atomic mass is 16.1. The van der Waals surface area contributed by atoms with Crippen LogP contribution in [0.4, 0.5) is 5.69 Å². The van der Waals surface area contributed by atoms with Crippen LogP contribution in [0.15, 0.2) is 23.1 Å². The molecule has 1 N–H and O–H groups in total. The SMILES string of the molecule is CNc1cccn([C@H]2CCN(CCC#N)C2)c1=O. The van der Waals surface area contributed by atoms with Gasteiger partial charge >= 0.3 is 0 Å². The lowest BCUT2D eigenvalue weighted by atomic mass is 10.2. The van der Waals surface area contributed by atoms with Crippen molar-refractivity contribution in [3.8, 4) is 6.07 Å². The maximum Gasteiger partial charge on any atom is 0.274 e. The first-order valence-electron chi connectivity index (χ1n) is 6.24. The van der Waals surface area contributed by atoms with Gasteiger partial charge in [0.05, 0.1) is 12.1 Å². The molecule has 1 aliphatic heterocycles. The smallest absolute Gasteiger partial charge is 0.274 e. The number of pyridine rings is 1. The number of nitriles is 1. The first-order valence-corrected chi connectivity index (χ1v) is 6.24. The second-order valence-electron chi connectivity index (χ2n) is 4.54. The molecular formula is C13H18N4O. The summed E-state index contributed by atoms with van der Waals surface area (Å²) in [5.41, 5.74) is 0.667. The highest BCUT2D eigenvalue weighted by Crippen LogP contribution is 2.20. The number of hydrogen-bond acceptors (Lipinski definition) is 4.